The Morgan fingerprint density at radius 1 is 0.863 bits per heavy atom. The van der Waals surface area contributed by atoms with Crippen molar-refractivity contribution in [3.8, 4) is 23.0 Å². The van der Waals surface area contributed by atoms with Crippen LogP contribution in [0.1, 0.15) is 35.4 Å². The highest BCUT2D eigenvalue weighted by atomic mass is 79.9. The Bertz CT molecular complexity index is 2040. The summed E-state index contributed by atoms with van der Waals surface area (Å²) in [5.74, 6) is -3.96. The zero-order valence-corrected chi connectivity index (χ0v) is 30.9. The molecule has 2 aliphatic heterocycles. The Hall–Kier alpha value is -4.32. The number of aromatic hydroxyl groups is 1. The number of ether oxygens (including phenoxy) is 3. The molecule has 264 valence electrons. The molecule has 6 atom stereocenters. The van der Waals surface area contributed by atoms with Crippen molar-refractivity contribution in [2.75, 3.05) is 31.7 Å². The lowest BCUT2D eigenvalue weighted by Crippen LogP contribution is -2.60. The van der Waals surface area contributed by atoms with Crippen molar-refractivity contribution < 1.29 is 38.5 Å². The van der Waals surface area contributed by atoms with Crippen LogP contribution in [-0.4, -0.2) is 70.2 Å². The number of allylic oxidation sites excluding steroid dienone is 2. The smallest absolute Gasteiger partial charge is 0.254 e. The van der Waals surface area contributed by atoms with Crippen molar-refractivity contribution in [3.05, 3.63) is 89.0 Å². The van der Waals surface area contributed by atoms with Gasteiger partial charge in [0.05, 0.1) is 44.3 Å². The molecule has 10 nitrogen and oxygen atoms in total. The first-order valence-electron chi connectivity index (χ1n) is 16.2. The summed E-state index contributed by atoms with van der Waals surface area (Å²) in [6.45, 7) is 0. The molecule has 0 aromatic heterocycles. The molecule has 3 aromatic rings. The fraction of sp³-hybridized carbons (Fsp3) is 0.316. The Labute approximate surface area is 312 Å². The molecule has 13 heteroatoms. The summed E-state index contributed by atoms with van der Waals surface area (Å²) in [5.41, 5.74) is 3.04. The number of hydrogen-bond donors (Lipinski definition) is 1. The number of anilines is 1. The number of likely N-dealkylation sites (tertiary alicyclic amines) is 1. The first kappa shape index (κ1) is 35.1. The van der Waals surface area contributed by atoms with Gasteiger partial charge >= 0.3 is 0 Å². The van der Waals surface area contributed by atoms with Crippen molar-refractivity contribution in [2.24, 2.45) is 17.8 Å². The van der Waals surface area contributed by atoms with E-state index in [1.807, 2.05) is 48.6 Å². The van der Waals surface area contributed by atoms with Gasteiger partial charge in [-0.2, -0.15) is 0 Å². The van der Waals surface area contributed by atoms with Gasteiger partial charge in [-0.25, -0.2) is 0 Å². The van der Waals surface area contributed by atoms with Crippen molar-refractivity contribution >= 4 is 80.6 Å². The largest absolute Gasteiger partial charge is 0.504 e. The van der Waals surface area contributed by atoms with E-state index in [1.165, 1.54) is 18.1 Å². The number of rotatable bonds is 8. The standard InChI is InChI=1S/C38H33BrCl2N2O8/c1-49-24-11-15-29(50-2)21(16-24)7-4-20-5-9-23(10-6-20)43-33(45)26-13-12-25-27(31(26)34(43)46)18-37(40)35(47)42(19-39)36(48)38(37,41)32(25)22-8-14-28(44)30(17-22)51-3/h4-12,14-17,26-27,31-32,44H,13,18-19H2,1-3H3. The van der Waals surface area contributed by atoms with Gasteiger partial charge in [-0.15, -0.1) is 23.2 Å². The number of amides is 4. The predicted molar refractivity (Wildman–Crippen MR) is 195 cm³/mol. The number of halogens is 3. The number of carbonyl (C=O) groups excluding carboxylic acids is 4. The van der Waals surface area contributed by atoms with Crippen LogP contribution >= 0.6 is 39.1 Å². The molecular formula is C38H33BrCl2N2O8. The van der Waals surface area contributed by atoms with E-state index in [0.717, 1.165) is 16.0 Å². The minimum absolute atomic E-state index is 0.127. The molecule has 1 saturated carbocycles. The lowest BCUT2D eigenvalue weighted by molar-refractivity contribution is -0.138. The number of imide groups is 2. The zero-order valence-electron chi connectivity index (χ0n) is 27.8. The summed E-state index contributed by atoms with van der Waals surface area (Å²) < 4.78 is 16.2. The lowest BCUT2D eigenvalue weighted by Gasteiger charge is -2.50. The molecular weight excluding hydrogens is 763 g/mol. The summed E-state index contributed by atoms with van der Waals surface area (Å²) in [6.07, 6.45) is 5.73. The van der Waals surface area contributed by atoms with Crippen LogP contribution in [0.15, 0.2) is 72.3 Å². The van der Waals surface area contributed by atoms with E-state index in [9.17, 15) is 24.3 Å². The van der Waals surface area contributed by atoms with E-state index >= 15 is 0 Å². The van der Waals surface area contributed by atoms with Gasteiger partial charge in [-0.05, 0) is 72.4 Å². The first-order chi connectivity index (χ1) is 24.4. The molecule has 2 aliphatic carbocycles. The maximum absolute atomic E-state index is 14.4. The molecule has 0 radical (unpaired) electrons. The predicted octanol–water partition coefficient (Wildman–Crippen LogP) is 6.50. The van der Waals surface area contributed by atoms with Crippen LogP contribution in [0.25, 0.3) is 12.2 Å². The van der Waals surface area contributed by atoms with Gasteiger partial charge in [0.25, 0.3) is 11.8 Å². The maximum atomic E-state index is 14.4. The van der Waals surface area contributed by atoms with E-state index in [1.54, 1.807) is 38.5 Å². The summed E-state index contributed by atoms with van der Waals surface area (Å²) in [5, 5.41) is 10.4. The van der Waals surface area contributed by atoms with Gasteiger partial charge in [-0.3, -0.25) is 29.0 Å². The highest BCUT2D eigenvalue weighted by Gasteiger charge is 2.76. The molecule has 3 fully saturated rings. The highest BCUT2D eigenvalue weighted by molar-refractivity contribution is 9.09. The molecule has 1 N–H and O–H groups in total. The van der Waals surface area contributed by atoms with Gasteiger partial charge in [-0.1, -0.05) is 57.9 Å². The van der Waals surface area contributed by atoms with Crippen molar-refractivity contribution in [1.82, 2.24) is 4.90 Å². The van der Waals surface area contributed by atoms with E-state index < -0.39 is 51.1 Å². The molecule has 4 aliphatic rings. The van der Waals surface area contributed by atoms with Gasteiger partial charge in [0.15, 0.2) is 21.2 Å². The first-order valence-corrected chi connectivity index (χ1v) is 18.1. The fourth-order valence-corrected chi connectivity index (χ4v) is 9.57. The van der Waals surface area contributed by atoms with Crippen LogP contribution in [0.4, 0.5) is 5.69 Å². The van der Waals surface area contributed by atoms with Crippen LogP contribution in [-0.2, 0) is 19.2 Å². The number of carbonyl (C=O) groups is 4. The second-order valence-electron chi connectivity index (χ2n) is 13.0. The normalized spacial score (nSPS) is 28.5. The highest BCUT2D eigenvalue weighted by Crippen LogP contribution is 2.65. The third kappa shape index (κ3) is 5.18. The Morgan fingerprint density at radius 3 is 2.25 bits per heavy atom. The quantitative estimate of drug-likeness (QED) is 0.0902. The number of alkyl halides is 3. The average molecular weight is 796 g/mol. The Balaban J connectivity index is 1.24. The van der Waals surface area contributed by atoms with Gasteiger partial charge < -0.3 is 19.3 Å². The molecule has 3 aromatic carbocycles. The third-order valence-corrected chi connectivity index (χ3v) is 12.5. The van der Waals surface area contributed by atoms with Gasteiger partial charge in [0.2, 0.25) is 11.8 Å². The van der Waals surface area contributed by atoms with E-state index in [2.05, 4.69) is 15.9 Å². The zero-order chi connectivity index (χ0) is 36.4. The molecule has 2 saturated heterocycles. The molecule has 0 spiro atoms. The second-order valence-corrected chi connectivity index (χ2v) is 14.7. The Kier molecular flexibility index (Phi) is 8.96. The number of fused-ring (bicyclic) bond motifs is 4. The third-order valence-electron chi connectivity index (χ3n) is 10.6. The number of benzene rings is 3. The summed E-state index contributed by atoms with van der Waals surface area (Å²) >= 11 is 17.8. The lowest BCUT2D eigenvalue weighted by atomic mass is 9.56. The summed E-state index contributed by atoms with van der Waals surface area (Å²) in [6, 6.07) is 17.1. The second kappa shape index (κ2) is 13.0. The summed E-state index contributed by atoms with van der Waals surface area (Å²) in [4.78, 5) is 54.6. The minimum Gasteiger partial charge on any atom is -0.504 e. The van der Waals surface area contributed by atoms with Crippen molar-refractivity contribution in [1.29, 1.82) is 0 Å². The number of nitrogens with zero attached hydrogens (tertiary/aromatic N) is 2. The monoisotopic (exact) mass is 794 g/mol. The molecule has 7 rings (SSSR count). The van der Waals surface area contributed by atoms with Crippen LogP contribution in [0.3, 0.4) is 0 Å². The number of methoxy groups -OCH3 is 3. The fourth-order valence-electron chi connectivity index (χ4n) is 8.15. The maximum Gasteiger partial charge on any atom is 0.254 e. The SMILES string of the molecule is COc1ccc(OC)c(C=Cc2ccc(N3C(=O)C4CC=C5C(CC6(Cl)C(=O)N(CBr)C(=O)C6(Cl)C5c5ccc(O)c(OC)c5)C4C3=O)cc2)c1. The molecule has 4 amide bonds. The van der Waals surface area contributed by atoms with Crippen LogP contribution < -0.4 is 19.1 Å². The van der Waals surface area contributed by atoms with E-state index in [0.29, 0.717) is 28.3 Å². The van der Waals surface area contributed by atoms with Crippen molar-refractivity contribution in [3.63, 3.8) is 0 Å². The van der Waals surface area contributed by atoms with Gasteiger partial charge in [0, 0.05) is 11.5 Å². The number of phenolic OH excluding ortho intramolecular Hbond substituents is 1. The van der Waals surface area contributed by atoms with E-state index in [-0.39, 0.29) is 35.7 Å². The topological polar surface area (TPSA) is 123 Å². The Morgan fingerprint density at radius 2 is 1.59 bits per heavy atom. The average Bonchev–Trinajstić information content (AvgIpc) is 3.48. The van der Waals surface area contributed by atoms with Crippen LogP contribution in [0.5, 0.6) is 23.0 Å². The number of phenols is 1. The minimum atomic E-state index is -1.96. The molecule has 2 heterocycles. The molecule has 6 unspecified atom stereocenters. The molecule has 51 heavy (non-hydrogen) atoms. The molecule has 0 bridgehead atoms. The van der Waals surface area contributed by atoms with Crippen LogP contribution in [0.2, 0.25) is 0 Å². The number of hydrogen-bond acceptors (Lipinski definition) is 8. The van der Waals surface area contributed by atoms with E-state index in [4.69, 9.17) is 37.4 Å². The van der Waals surface area contributed by atoms with Crippen LogP contribution in [0, 0.1) is 17.8 Å². The summed E-state index contributed by atoms with van der Waals surface area (Å²) in [7, 11) is 4.58. The van der Waals surface area contributed by atoms with Gasteiger partial charge in [0.1, 0.15) is 11.5 Å². The van der Waals surface area contributed by atoms with Crippen molar-refractivity contribution in [2.45, 2.75) is 28.5 Å².